The number of nitrogens with zero attached hydrogens (tertiary/aromatic N) is 5. The Balaban J connectivity index is 1.40. The van der Waals surface area contributed by atoms with E-state index in [0.717, 1.165) is 58.7 Å². The highest BCUT2D eigenvalue weighted by Gasteiger charge is 2.24. The SMILES string of the molecule is CCN(CC)CCCNc1nc(Nc2ccc3c(O)c(N=Nc4ccc5[nH]c(=O)[nH]c5c4)c(S(=O)(=O)O)cc3c2)[nH+]c(NCCCN(CC)CC)[nH+]1. The van der Waals surface area contributed by atoms with E-state index in [-0.39, 0.29) is 11.1 Å². The summed E-state index contributed by atoms with van der Waals surface area (Å²) < 4.78 is 35.1. The molecule has 0 bridgehead atoms. The molecule has 0 saturated carbocycles. The molecule has 17 nitrogen and oxygen atoms in total. The van der Waals surface area contributed by atoms with Gasteiger partial charge in [0.15, 0.2) is 5.75 Å². The first-order valence-electron chi connectivity index (χ1n) is 17.5. The second kappa shape index (κ2) is 17.4. The Bertz CT molecular complexity index is 2140. The Kier molecular flexibility index (Phi) is 12.7. The van der Waals surface area contributed by atoms with Crippen molar-refractivity contribution in [1.29, 1.82) is 0 Å². The third kappa shape index (κ3) is 9.78. The molecule has 0 unspecified atom stereocenters. The summed E-state index contributed by atoms with van der Waals surface area (Å²) in [5.41, 5.74) is 1.02. The van der Waals surface area contributed by atoms with Gasteiger partial charge in [-0.2, -0.15) is 23.5 Å². The van der Waals surface area contributed by atoms with Gasteiger partial charge in [-0.1, -0.05) is 27.7 Å². The van der Waals surface area contributed by atoms with Crippen LogP contribution in [0.1, 0.15) is 40.5 Å². The lowest BCUT2D eigenvalue weighted by molar-refractivity contribution is -0.491. The summed E-state index contributed by atoms with van der Waals surface area (Å²) in [6.45, 7) is 15.9. The summed E-state index contributed by atoms with van der Waals surface area (Å²) in [6.07, 6.45) is 1.87. The Labute approximate surface area is 301 Å². The van der Waals surface area contributed by atoms with Crippen molar-refractivity contribution in [2.24, 2.45) is 10.2 Å². The van der Waals surface area contributed by atoms with Crippen LogP contribution in [0.25, 0.3) is 21.8 Å². The average Bonchev–Trinajstić information content (AvgIpc) is 3.50. The first-order chi connectivity index (χ1) is 25.0. The van der Waals surface area contributed by atoms with Gasteiger partial charge >= 0.3 is 23.5 Å². The van der Waals surface area contributed by atoms with Gasteiger partial charge in [0.1, 0.15) is 16.3 Å². The Morgan fingerprint density at radius 2 is 1.48 bits per heavy atom. The normalized spacial score (nSPS) is 12.1. The second-order valence-corrected chi connectivity index (χ2v) is 13.6. The van der Waals surface area contributed by atoms with Crippen molar-refractivity contribution in [3.63, 3.8) is 0 Å². The summed E-state index contributed by atoms with van der Waals surface area (Å²) in [4.78, 5) is 32.2. The fourth-order valence-corrected chi connectivity index (χ4v) is 6.48. The van der Waals surface area contributed by atoms with Crippen LogP contribution in [-0.4, -0.2) is 95.2 Å². The van der Waals surface area contributed by atoms with Crippen LogP contribution in [0, 0.1) is 0 Å². The highest BCUT2D eigenvalue weighted by Crippen LogP contribution is 2.42. The average molecular weight is 737 g/mol. The van der Waals surface area contributed by atoms with E-state index >= 15 is 0 Å². The molecule has 52 heavy (non-hydrogen) atoms. The fourth-order valence-electron chi connectivity index (χ4n) is 5.82. The lowest BCUT2D eigenvalue weighted by Gasteiger charge is -2.17. The van der Waals surface area contributed by atoms with Crippen LogP contribution >= 0.6 is 0 Å². The van der Waals surface area contributed by atoms with Crippen molar-refractivity contribution in [3.8, 4) is 5.75 Å². The molecule has 0 atom stereocenters. The number of aromatic nitrogens is 5. The number of hydrogen-bond donors (Lipinski definition) is 7. The van der Waals surface area contributed by atoms with Crippen LogP contribution in [-0.2, 0) is 10.1 Å². The van der Waals surface area contributed by atoms with Crippen molar-refractivity contribution in [3.05, 3.63) is 52.9 Å². The molecule has 0 aliphatic rings. The number of aromatic amines is 4. The maximum Gasteiger partial charge on any atom is 0.442 e. The number of anilines is 4. The van der Waals surface area contributed by atoms with Gasteiger partial charge < -0.3 is 30.2 Å². The van der Waals surface area contributed by atoms with Gasteiger partial charge in [0, 0.05) is 23.5 Å². The predicted octanol–water partition coefficient (Wildman–Crippen LogP) is 4.43. The third-order valence-corrected chi connectivity index (χ3v) is 9.62. The predicted molar refractivity (Wildman–Crippen MR) is 201 cm³/mol. The molecule has 0 aliphatic carbocycles. The number of phenolic OH excluding ortho intramolecular Hbond substituents is 1. The molecular weight excluding hydrogens is 689 g/mol. The van der Waals surface area contributed by atoms with Crippen LogP contribution in [0.4, 0.5) is 34.9 Å². The molecule has 0 aliphatic heterocycles. The molecule has 2 heterocycles. The van der Waals surface area contributed by atoms with Crippen LogP contribution < -0.4 is 31.6 Å². The zero-order chi connectivity index (χ0) is 37.3. The van der Waals surface area contributed by atoms with E-state index in [1.54, 1.807) is 30.3 Å². The Morgan fingerprint density at radius 3 is 2.15 bits per heavy atom. The largest absolute Gasteiger partial charge is 0.505 e. The molecule has 9 N–H and O–H groups in total. The lowest BCUT2D eigenvalue weighted by atomic mass is 10.1. The minimum Gasteiger partial charge on any atom is -0.505 e. The fraction of sp³-hybridized carbons (Fsp3) is 0.412. The van der Waals surface area contributed by atoms with Gasteiger partial charge in [-0.25, -0.2) is 10.1 Å². The number of H-pyrrole nitrogens is 4. The van der Waals surface area contributed by atoms with E-state index in [4.69, 9.17) is 0 Å². The number of nitrogens with one attached hydrogen (secondary N) is 7. The zero-order valence-corrected chi connectivity index (χ0v) is 30.7. The highest BCUT2D eigenvalue weighted by atomic mass is 32.2. The Hall–Kier alpha value is -5.17. The van der Waals surface area contributed by atoms with Crippen molar-refractivity contribution in [1.82, 2.24) is 24.8 Å². The number of rotatable bonds is 19. The van der Waals surface area contributed by atoms with Gasteiger partial charge in [-0.15, -0.1) is 5.11 Å². The molecule has 0 spiro atoms. The molecule has 5 aromatic rings. The molecule has 5 rings (SSSR count). The van der Waals surface area contributed by atoms with E-state index in [1.165, 1.54) is 12.1 Å². The van der Waals surface area contributed by atoms with Gasteiger partial charge in [-0.3, -0.25) is 9.87 Å². The Morgan fingerprint density at radius 1 is 0.827 bits per heavy atom. The number of imidazole rings is 1. The van der Waals surface area contributed by atoms with E-state index in [0.29, 0.717) is 46.5 Å². The van der Waals surface area contributed by atoms with Gasteiger partial charge in [0.2, 0.25) is 0 Å². The molecule has 3 aromatic carbocycles. The number of azo groups is 1. The maximum atomic E-state index is 12.5. The van der Waals surface area contributed by atoms with Crippen molar-refractivity contribution < 1.29 is 28.0 Å². The van der Waals surface area contributed by atoms with E-state index in [1.807, 2.05) is 0 Å². The van der Waals surface area contributed by atoms with E-state index < -0.39 is 32.1 Å². The summed E-state index contributed by atoms with van der Waals surface area (Å²) in [5.74, 6) is 1.12. The molecule has 0 radical (unpaired) electrons. The molecule has 0 amide bonds. The third-order valence-electron chi connectivity index (χ3n) is 8.75. The standard InChI is InChI=1S/C34H46N12O5S/c1-5-45(6-2)17-9-15-35-31-40-32(36-16-10-18-46(7-3)8-4)42-33(41-31)37-23-11-13-25-22(19-23)20-28(52(49,50)51)29(30(25)47)44-43-24-12-14-26-27(21-24)39-34(48)38-26/h11-14,19-21,47H,5-10,15-18H2,1-4H3,(H2,38,39,48)(H,49,50,51)(H3,35,36,37,40,41,42)/p+2. The highest BCUT2D eigenvalue weighted by molar-refractivity contribution is 7.86. The van der Waals surface area contributed by atoms with Gasteiger partial charge in [0.25, 0.3) is 10.1 Å². The van der Waals surface area contributed by atoms with Crippen LogP contribution in [0.5, 0.6) is 5.75 Å². The van der Waals surface area contributed by atoms with Crippen LogP contribution in [0.15, 0.2) is 62.4 Å². The van der Waals surface area contributed by atoms with Crippen molar-refractivity contribution >= 4 is 66.8 Å². The minimum absolute atomic E-state index is 0.279. The molecule has 2 aromatic heterocycles. The monoisotopic (exact) mass is 736 g/mol. The molecule has 18 heteroatoms. The summed E-state index contributed by atoms with van der Waals surface area (Å²) >= 11 is 0. The molecule has 0 saturated heterocycles. The number of phenols is 1. The minimum atomic E-state index is -4.84. The molecule has 278 valence electrons. The number of hydrogen-bond acceptors (Lipinski definition) is 12. The van der Waals surface area contributed by atoms with E-state index in [9.17, 15) is 22.9 Å². The van der Waals surface area contributed by atoms with Gasteiger partial charge in [0.05, 0.1) is 23.3 Å². The van der Waals surface area contributed by atoms with Crippen molar-refractivity contribution in [2.75, 3.05) is 68.3 Å². The maximum absolute atomic E-state index is 12.5. The quantitative estimate of drug-likeness (QED) is 0.0356. The summed E-state index contributed by atoms with van der Waals surface area (Å²) in [7, 11) is -4.84. The van der Waals surface area contributed by atoms with Gasteiger partial charge in [-0.05, 0) is 93.4 Å². The number of fused-ring (bicyclic) bond motifs is 2. The van der Waals surface area contributed by atoms with E-state index in [2.05, 4.69) is 88.6 Å². The number of benzene rings is 3. The first-order valence-corrected chi connectivity index (χ1v) is 18.9. The summed E-state index contributed by atoms with van der Waals surface area (Å²) in [6, 6.07) is 10.9. The first kappa shape index (κ1) is 38.1. The van der Waals surface area contributed by atoms with Crippen LogP contribution in [0.3, 0.4) is 0 Å². The molecular formula is C34H48N12O5S+2. The zero-order valence-electron chi connectivity index (χ0n) is 29.9. The van der Waals surface area contributed by atoms with Crippen LogP contribution in [0.2, 0.25) is 0 Å². The summed E-state index contributed by atoms with van der Waals surface area (Å²) in [5, 5.41) is 29.9. The molecule has 0 fully saturated rings. The smallest absolute Gasteiger partial charge is 0.442 e. The second-order valence-electron chi connectivity index (χ2n) is 12.2. The lowest BCUT2D eigenvalue weighted by Crippen LogP contribution is -2.33. The topological polar surface area (TPSA) is 232 Å². The van der Waals surface area contributed by atoms with Crippen molar-refractivity contribution in [2.45, 2.75) is 45.4 Å². The number of aromatic hydroxyl groups is 1.